The summed E-state index contributed by atoms with van der Waals surface area (Å²) in [5.74, 6) is 1.08. The number of hydrogen-bond donors (Lipinski definition) is 1. The van der Waals surface area contributed by atoms with E-state index in [-0.39, 0.29) is 17.2 Å². The van der Waals surface area contributed by atoms with Gasteiger partial charge in [-0.25, -0.2) is 0 Å². The van der Waals surface area contributed by atoms with Gasteiger partial charge in [-0.1, -0.05) is 6.92 Å². The van der Waals surface area contributed by atoms with Crippen molar-refractivity contribution in [1.82, 2.24) is 10.1 Å². The fourth-order valence-corrected chi connectivity index (χ4v) is 3.55. The highest BCUT2D eigenvalue weighted by atomic mass is 16.8. The van der Waals surface area contributed by atoms with Gasteiger partial charge in [0.2, 0.25) is 0 Å². The molecule has 0 bridgehead atoms. The standard InChI is InChI=1S/C15H27N2O3/c1-11-3-4-12(2)16(9-11)10-15(18)13-5-7-14(8-6-13)17(19)20/h11-14,19H,3-10H2,1-2H3/q-1. The molecule has 116 valence electrons. The van der Waals surface area contributed by atoms with Gasteiger partial charge in [0.1, 0.15) is 5.78 Å². The van der Waals surface area contributed by atoms with Crippen LogP contribution in [0, 0.1) is 17.0 Å². The summed E-state index contributed by atoms with van der Waals surface area (Å²) in [4.78, 5) is 14.7. The summed E-state index contributed by atoms with van der Waals surface area (Å²) in [5, 5.41) is 19.8. The Morgan fingerprint density at radius 3 is 2.45 bits per heavy atom. The molecule has 5 heteroatoms. The second kappa shape index (κ2) is 6.98. The molecule has 1 heterocycles. The third kappa shape index (κ3) is 4.01. The highest BCUT2D eigenvalue weighted by Crippen LogP contribution is 2.28. The van der Waals surface area contributed by atoms with E-state index in [9.17, 15) is 10.0 Å². The summed E-state index contributed by atoms with van der Waals surface area (Å²) in [7, 11) is 0. The van der Waals surface area contributed by atoms with Gasteiger partial charge >= 0.3 is 0 Å². The van der Waals surface area contributed by atoms with Crippen LogP contribution in [-0.4, -0.2) is 46.3 Å². The fraction of sp³-hybridized carbons (Fsp3) is 0.933. The number of Topliss-reactive ketones (excluding diaryl/α,β-unsaturated/α-hetero) is 1. The quantitative estimate of drug-likeness (QED) is 0.803. The fourth-order valence-electron chi connectivity index (χ4n) is 3.55. The lowest BCUT2D eigenvalue weighted by atomic mass is 9.83. The van der Waals surface area contributed by atoms with Gasteiger partial charge in [0.05, 0.1) is 6.54 Å². The number of hydroxylamine groups is 2. The third-order valence-corrected chi connectivity index (χ3v) is 5.07. The van der Waals surface area contributed by atoms with Gasteiger partial charge < -0.3 is 10.4 Å². The highest BCUT2D eigenvalue weighted by Gasteiger charge is 2.30. The average Bonchev–Trinajstić information content (AvgIpc) is 2.43. The minimum absolute atomic E-state index is 0.0646. The molecule has 0 radical (unpaired) electrons. The lowest BCUT2D eigenvalue weighted by molar-refractivity contribution is -0.129. The monoisotopic (exact) mass is 283 g/mol. The van der Waals surface area contributed by atoms with Crippen LogP contribution in [0.3, 0.4) is 0 Å². The Labute approximate surface area is 121 Å². The first-order valence-electron chi connectivity index (χ1n) is 7.89. The van der Waals surface area contributed by atoms with Crippen LogP contribution in [0.5, 0.6) is 0 Å². The maximum absolute atomic E-state index is 12.4. The molecule has 2 rings (SSSR count). The minimum atomic E-state index is -0.312. The Hall–Kier alpha value is -0.490. The van der Waals surface area contributed by atoms with Crippen LogP contribution in [0.4, 0.5) is 0 Å². The predicted molar refractivity (Wildman–Crippen MR) is 77.2 cm³/mol. The lowest BCUT2D eigenvalue weighted by Crippen LogP contribution is -2.45. The van der Waals surface area contributed by atoms with E-state index < -0.39 is 0 Å². The topological polar surface area (TPSA) is 66.8 Å². The molecule has 2 unspecified atom stereocenters. The zero-order chi connectivity index (χ0) is 14.7. The Morgan fingerprint density at radius 1 is 1.20 bits per heavy atom. The van der Waals surface area contributed by atoms with Gasteiger partial charge in [0.25, 0.3) is 0 Å². The summed E-state index contributed by atoms with van der Waals surface area (Å²) in [5.41, 5.74) is 0. The summed E-state index contributed by atoms with van der Waals surface area (Å²) in [6, 6.07) is 0.189. The molecule has 1 aliphatic heterocycles. The second-order valence-corrected chi connectivity index (χ2v) is 6.74. The number of ketones is 1. The smallest absolute Gasteiger partial charge is 0.149 e. The van der Waals surface area contributed by atoms with E-state index in [4.69, 9.17) is 5.21 Å². The molecule has 1 saturated carbocycles. The minimum Gasteiger partial charge on any atom is -0.762 e. The van der Waals surface area contributed by atoms with Crippen molar-refractivity contribution in [2.75, 3.05) is 13.1 Å². The maximum atomic E-state index is 12.4. The predicted octanol–water partition coefficient (Wildman–Crippen LogP) is 2.42. The van der Waals surface area contributed by atoms with Crippen molar-refractivity contribution in [3.05, 3.63) is 5.21 Å². The van der Waals surface area contributed by atoms with Gasteiger partial charge in [-0.15, -0.1) is 0 Å². The summed E-state index contributed by atoms with van der Waals surface area (Å²) in [6.45, 7) is 6.03. The van der Waals surface area contributed by atoms with Gasteiger partial charge in [0, 0.05) is 24.5 Å². The largest absolute Gasteiger partial charge is 0.762 e. The van der Waals surface area contributed by atoms with Crippen LogP contribution in [-0.2, 0) is 4.79 Å². The van der Waals surface area contributed by atoms with Crippen molar-refractivity contribution in [3.63, 3.8) is 0 Å². The number of carbonyl (C=O) groups excluding carboxylic acids is 1. The molecule has 0 amide bonds. The second-order valence-electron chi connectivity index (χ2n) is 6.74. The zero-order valence-corrected chi connectivity index (χ0v) is 12.6. The van der Waals surface area contributed by atoms with Gasteiger partial charge in [-0.2, -0.15) is 0 Å². The number of likely N-dealkylation sites (tertiary alicyclic amines) is 1. The molecule has 2 fully saturated rings. The van der Waals surface area contributed by atoms with Crippen LogP contribution in [0.1, 0.15) is 52.4 Å². The van der Waals surface area contributed by atoms with E-state index in [1.165, 1.54) is 12.8 Å². The van der Waals surface area contributed by atoms with E-state index in [0.717, 1.165) is 19.4 Å². The average molecular weight is 283 g/mol. The molecule has 5 nitrogen and oxygen atoms in total. The summed E-state index contributed by atoms with van der Waals surface area (Å²) in [6.07, 6.45) is 5.16. The maximum Gasteiger partial charge on any atom is 0.149 e. The van der Waals surface area contributed by atoms with Crippen LogP contribution < -0.4 is 0 Å². The third-order valence-electron chi connectivity index (χ3n) is 5.07. The molecule has 0 aromatic carbocycles. The Kier molecular flexibility index (Phi) is 5.55. The first-order chi connectivity index (χ1) is 9.47. The van der Waals surface area contributed by atoms with Crippen molar-refractivity contribution in [1.29, 1.82) is 0 Å². The molecule has 2 atom stereocenters. The molecule has 1 saturated heterocycles. The molecular weight excluding hydrogens is 256 g/mol. The molecule has 2 aliphatic rings. The van der Waals surface area contributed by atoms with E-state index in [0.29, 0.717) is 37.1 Å². The van der Waals surface area contributed by atoms with Crippen LogP contribution in [0.2, 0.25) is 0 Å². The number of rotatable bonds is 4. The number of hydrogen-bond acceptors (Lipinski definition) is 5. The zero-order valence-electron chi connectivity index (χ0n) is 12.6. The normalized spacial score (nSPS) is 36.2. The molecule has 0 aromatic heterocycles. The molecule has 0 spiro atoms. The van der Waals surface area contributed by atoms with Gasteiger partial charge in [-0.3, -0.25) is 14.9 Å². The molecule has 0 aromatic rings. The summed E-state index contributed by atoms with van der Waals surface area (Å²) < 4.78 is 0. The van der Waals surface area contributed by atoms with Crippen molar-refractivity contribution in [3.8, 4) is 0 Å². The first kappa shape index (κ1) is 15.9. The van der Waals surface area contributed by atoms with E-state index >= 15 is 0 Å². The number of carbonyl (C=O) groups is 1. The van der Waals surface area contributed by atoms with Crippen molar-refractivity contribution < 1.29 is 10.0 Å². The Bertz CT molecular complexity index is 327. The van der Waals surface area contributed by atoms with Crippen molar-refractivity contribution >= 4 is 5.78 Å². The SMILES string of the molecule is CC1CCC(C)N(CC(=O)C2CCC(N([O-])O)CC2)C1. The molecular formula is C15H27N2O3-. The molecule has 20 heavy (non-hydrogen) atoms. The van der Waals surface area contributed by atoms with E-state index in [1.54, 1.807) is 0 Å². The van der Waals surface area contributed by atoms with Crippen molar-refractivity contribution in [2.45, 2.75) is 64.5 Å². The molecule has 1 aliphatic carbocycles. The van der Waals surface area contributed by atoms with E-state index in [1.807, 2.05) is 0 Å². The van der Waals surface area contributed by atoms with Crippen molar-refractivity contribution in [2.24, 2.45) is 11.8 Å². The number of piperidine rings is 1. The number of nitrogens with zero attached hydrogens (tertiary/aromatic N) is 2. The van der Waals surface area contributed by atoms with Gasteiger partial charge in [0.15, 0.2) is 0 Å². The first-order valence-corrected chi connectivity index (χ1v) is 7.89. The Balaban J connectivity index is 1.80. The lowest BCUT2D eigenvalue weighted by Gasteiger charge is -2.39. The molecule has 1 N–H and O–H groups in total. The Morgan fingerprint density at radius 2 is 1.85 bits per heavy atom. The van der Waals surface area contributed by atoms with E-state index in [2.05, 4.69) is 18.7 Å². The highest BCUT2D eigenvalue weighted by molar-refractivity contribution is 5.83. The van der Waals surface area contributed by atoms with Crippen LogP contribution in [0.15, 0.2) is 0 Å². The van der Waals surface area contributed by atoms with Crippen LogP contribution in [0.25, 0.3) is 0 Å². The summed E-state index contributed by atoms with van der Waals surface area (Å²) >= 11 is 0. The van der Waals surface area contributed by atoms with Crippen LogP contribution >= 0.6 is 0 Å². The van der Waals surface area contributed by atoms with Gasteiger partial charge in [-0.05, 0) is 51.4 Å².